The average molecular weight is 336 g/mol. The third kappa shape index (κ3) is 3.87. The first-order valence-corrected chi connectivity index (χ1v) is 8.34. The van der Waals surface area contributed by atoms with Crippen LogP contribution < -0.4 is 5.32 Å². The number of halogens is 1. The van der Waals surface area contributed by atoms with Gasteiger partial charge in [0.25, 0.3) is 0 Å². The summed E-state index contributed by atoms with van der Waals surface area (Å²) in [6.45, 7) is -0.0249. The smallest absolute Gasteiger partial charge is 0.241 e. The van der Waals surface area contributed by atoms with Crippen LogP contribution in [0.1, 0.15) is 0 Å². The molecule has 7 heteroatoms. The molecule has 0 atom stereocenters. The summed E-state index contributed by atoms with van der Waals surface area (Å²) in [4.78, 5) is 13.1. The second-order valence-corrected chi connectivity index (χ2v) is 7.01. The van der Waals surface area contributed by atoms with Gasteiger partial charge in [-0.3, -0.25) is 4.79 Å². The first-order chi connectivity index (χ1) is 10.8. The molecule has 0 aliphatic heterocycles. The topological polar surface area (TPSA) is 66.5 Å². The van der Waals surface area contributed by atoms with Crippen molar-refractivity contribution in [2.24, 2.45) is 0 Å². The maximum atomic E-state index is 13.0. The molecule has 1 N–H and O–H groups in total. The van der Waals surface area contributed by atoms with Crippen LogP contribution in [0.3, 0.4) is 0 Å². The zero-order valence-electron chi connectivity index (χ0n) is 12.8. The van der Waals surface area contributed by atoms with Gasteiger partial charge in [-0.15, -0.1) is 0 Å². The van der Waals surface area contributed by atoms with Gasteiger partial charge in [0.15, 0.2) is 0 Å². The zero-order valence-corrected chi connectivity index (χ0v) is 13.6. The van der Waals surface area contributed by atoms with E-state index in [-0.39, 0.29) is 22.2 Å². The van der Waals surface area contributed by atoms with Crippen LogP contribution in [-0.4, -0.2) is 39.9 Å². The van der Waals surface area contributed by atoms with Gasteiger partial charge >= 0.3 is 0 Å². The minimum atomic E-state index is -3.81. The van der Waals surface area contributed by atoms with Gasteiger partial charge in [0.05, 0.1) is 22.0 Å². The molecule has 0 aliphatic rings. The van der Waals surface area contributed by atoms with Gasteiger partial charge in [0, 0.05) is 14.1 Å². The predicted molar refractivity (Wildman–Crippen MR) is 85.5 cm³/mol. The Kier molecular flexibility index (Phi) is 5.00. The number of anilines is 1. The minimum Gasteiger partial charge on any atom is -0.375 e. The molecule has 2 rings (SSSR count). The van der Waals surface area contributed by atoms with Crippen molar-refractivity contribution in [1.29, 1.82) is 0 Å². The number of nitrogens with one attached hydrogen (secondary N) is 1. The standard InChI is InChI=1S/C16H17FN2O3S/c1-19(2)16(20)11-18-14-5-3-4-6-15(14)23(21,22)13-9-7-12(17)8-10-13/h3-10,18H,11H2,1-2H3. The molecule has 0 aliphatic carbocycles. The highest BCUT2D eigenvalue weighted by molar-refractivity contribution is 7.91. The SMILES string of the molecule is CN(C)C(=O)CNc1ccccc1S(=O)(=O)c1ccc(F)cc1. The summed E-state index contributed by atoms with van der Waals surface area (Å²) in [5, 5.41) is 2.84. The number of para-hydroxylation sites is 1. The molecule has 2 aromatic rings. The number of hydrogen-bond donors (Lipinski definition) is 1. The van der Waals surface area contributed by atoms with Crippen molar-refractivity contribution in [3.05, 3.63) is 54.3 Å². The van der Waals surface area contributed by atoms with Crippen molar-refractivity contribution in [3.63, 3.8) is 0 Å². The number of carbonyl (C=O) groups excluding carboxylic acids is 1. The normalized spacial score (nSPS) is 11.1. The minimum absolute atomic E-state index is 0.00733. The van der Waals surface area contributed by atoms with Gasteiger partial charge in [0.2, 0.25) is 15.7 Å². The number of likely N-dealkylation sites (N-methyl/N-ethyl adjacent to an activating group) is 1. The van der Waals surface area contributed by atoms with Crippen LogP contribution >= 0.6 is 0 Å². The Labute approximate surface area is 134 Å². The summed E-state index contributed by atoms with van der Waals surface area (Å²) in [5.74, 6) is -0.689. The molecule has 0 unspecified atom stereocenters. The molecule has 0 aromatic heterocycles. The highest BCUT2D eigenvalue weighted by Gasteiger charge is 2.21. The van der Waals surface area contributed by atoms with Gasteiger partial charge in [-0.2, -0.15) is 0 Å². The summed E-state index contributed by atoms with van der Waals surface area (Å²) < 4.78 is 38.4. The maximum absolute atomic E-state index is 13.0. The number of sulfone groups is 1. The van der Waals surface area contributed by atoms with Gasteiger partial charge in [-0.25, -0.2) is 12.8 Å². The highest BCUT2D eigenvalue weighted by Crippen LogP contribution is 2.27. The van der Waals surface area contributed by atoms with Crippen molar-refractivity contribution < 1.29 is 17.6 Å². The molecule has 0 radical (unpaired) electrons. The van der Waals surface area contributed by atoms with Crippen molar-refractivity contribution in [2.45, 2.75) is 9.79 Å². The van der Waals surface area contributed by atoms with Crippen LogP contribution in [0.15, 0.2) is 58.3 Å². The Bertz CT molecular complexity index is 802. The summed E-state index contributed by atoms with van der Waals surface area (Å²) >= 11 is 0. The number of carbonyl (C=O) groups is 1. The maximum Gasteiger partial charge on any atom is 0.241 e. The average Bonchev–Trinajstić information content (AvgIpc) is 2.53. The molecular weight excluding hydrogens is 319 g/mol. The van der Waals surface area contributed by atoms with Crippen molar-refractivity contribution in [2.75, 3.05) is 26.0 Å². The summed E-state index contributed by atoms with van der Waals surface area (Å²) in [6, 6.07) is 10.9. The fourth-order valence-corrected chi connectivity index (χ4v) is 3.35. The molecule has 0 saturated carbocycles. The van der Waals surface area contributed by atoms with Crippen LogP contribution in [0.5, 0.6) is 0 Å². The second kappa shape index (κ2) is 6.78. The largest absolute Gasteiger partial charge is 0.375 e. The zero-order chi connectivity index (χ0) is 17.0. The van der Waals surface area contributed by atoms with Crippen molar-refractivity contribution in [3.8, 4) is 0 Å². The fraction of sp³-hybridized carbons (Fsp3) is 0.188. The van der Waals surface area contributed by atoms with E-state index in [0.717, 1.165) is 12.1 Å². The Morgan fingerprint density at radius 3 is 2.30 bits per heavy atom. The number of nitrogens with zero attached hydrogens (tertiary/aromatic N) is 1. The lowest BCUT2D eigenvalue weighted by atomic mass is 10.3. The van der Waals surface area contributed by atoms with E-state index in [0.29, 0.717) is 5.69 Å². The number of amides is 1. The van der Waals surface area contributed by atoms with E-state index in [4.69, 9.17) is 0 Å². The number of hydrogen-bond acceptors (Lipinski definition) is 4. The van der Waals surface area contributed by atoms with Crippen LogP contribution in [0, 0.1) is 5.82 Å². The van der Waals surface area contributed by atoms with Crippen molar-refractivity contribution >= 4 is 21.4 Å². The van der Waals surface area contributed by atoms with E-state index in [1.54, 1.807) is 32.3 Å². The van der Waals surface area contributed by atoms with E-state index >= 15 is 0 Å². The van der Waals surface area contributed by atoms with Crippen LogP contribution in [0.4, 0.5) is 10.1 Å². The van der Waals surface area contributed by atoms with Crippen LogP contribution in [-0.2, 0) is 14.6 Å². The van der Waals surface area contributed by atoms with E-state index in [1.165, 1.54) is 23.1 Å². The number of rotatable bonds is 5. The Morgan fingerprint density at radius 1 is 1.09 bits per heavy atom. The molecule has 0 fully saturated rings. The monoisotopic (exact) mass is 336 g/mol. The van der Waals surface area contributed by atoms with Gasteiger partial charge in [0.1, 0.15) is 5.82 Å². The lowest BCUT2D eigenvalue weighted by Crippen LogP contribution is -2.29. The van der Waals surface area contributed by atoms with E-state index < -0.39 is 15.7 Å². The first kappa shape index (κ1) is 17.0. The summed E-state index contributed by atoms with van der Waals surface area (Å²) in [5.41, 5.74) is 0.326. The molecule has 122 valence electrons. The molecule has 0 spiro atoms. The van der Waals surface area contributed by atoms with Crippen LogP contribution in [0.25, 0.3) is 0 Å². The van der Waals surface area contributed by atoms with E-state index in [1.807, 2.05) is 0 Å². The molecular formula is C16H17FN2O3S. The lowest BCUT2D eigenvalue weighted by Gasteiger charge is -2.14. The quantitative estimate of drug-likeness (QED) is 0.850. The predicted octanol–water partition coefficient (Wildman–Crippen LogP) is 2.16. The molecule has 5 nitrogen and oxygen atoms in total. The second-order valence-electron chi connectivity index (χ2n) is 5.10. The van der Waals surface area contributed by atoms with Gasteiger partial charge < -0.3 is 10.2 Å². The van der Waals surface area contributed by atoms with E-state index in [2.05, 4.69) is 5.32 Å². The highest BCUT2D eigenvalue weighted by atomic mass is 32.2. The van der Waals surface area contributed by atoms with Crippen LogP contribution in [0.2, 0.25) is 0 Å². The third-order valence-corrected chi connectivity index (χ3v) is 5.06. The molecule has 23 heavy (non-hydrogen) atoms. The van der Waals surface area contributed by atoms with Crippen molar-refractivity contribution in [1.82, 2.24) is 4.90 Å². The molecule has 1 amide bonds. The Morgan fingerprint density at radius 2 is 1.70 bits per heavy atom. The first-order valence-electron chi connectivity index (χ1n) is 6.86. The molecule has 0 bridgehead atoms. The van der Waals surface area contributed by atoms with Gasteiger partial charge in [-0.05, 0) is 36.4 Å². The summed E-state index contributed by atoms with van der Waals surface area (Å²) in [7, 11) is -0.576. The van der Waals surface area contributed by atoms with Gasteiger partial charge in [-0.1, -0.05) is 12.1 Å². The third-order valence-electron chi connectivity index (χ3n) is 3.23. The Balaban J connectivity index is 2.36. The fourth-order valence-electron chi connectivity index (χ4n) is 1.92. The molecule has 2 aromatic carbocycles. The molecule has 0 saturated heterocycles. The number of benzene rings is 2. The molecule has 0 heterocycles. The summed E-state index contributed by atoms with van der Waals surface area (Å²) in [6.07, 6.45) is 0. The lowest BCUT2D eigenvalue weighted by molar-refractivity contribution is -0.126. The Hall–Kier alpha value is -2.41. The van der Waals surface area contributed by atoms with E-state index in [9.17, 15) is 17.6 Å².